The number of aryl methyl sites for hydroxylation is 1. The van der Waals surface area contributed by atoms with E-state index in [0.717, 1.165) is 40.4 Å². The van der Waals surface area contributed by atoms with Crippen LogP contribution in [0.1, 0.15) is 29.5 Å². The van der Waals surface area contributed by atoms with Gasteiger partial charge in [-0.25, -0.2) is 19.9 Å². The first kappa shape index (κ1) is 31.2. The predicted octanol–water partition coefficient (Wildman–Crippen LogP) is 7.53. The van der Waals surface area contributed by atoms with Gasteiger partial charge in [0.05, 0.1) is 18.0 Å². The summed E-state index contributed by atoms with van der Waals surface area (Å²) in [5, 5.41) is 4.91. The Morgan fingerprint density at radius 3 is 2.52 bits per heavy atom. The van der Waals surface area contributed by atoms with E-state index in [0.29, 0.717) is 22.2 Å². The Balaban J connectivity index is 1.03. The maximum atomic E-state index is 13.1. The zero-order valence-corrected chi connectivity index (χ0v) is 25.1. The number of ether oxygens (including phenoxy) is 1. The molecule has 1 saturated heterocycles. The number of aromatic nitrogens is 3. The molecule has 1 fully saturated rings. The zero-order valence-electron chi connectivity index (χ0n) is 24.3. The minimum atomic E-state index is -5.84. The molecule has 0 aliphatic carbocycles. The van der Waals surface area contributed by atoms with E-state index in [9.17, 15) is 26.7 Å². The van der Waals surface area contributed by atoms with Gasteiger partial charge in [-0.3, -0.25) is 9.74 Å². The molecule has 0 bridgehead atoms. The zero-order chi connectivity index (χ0) is 32.6. The number of nitrogens with zero attached hydrogens (tertiary/aromatic N) is 5. The molecule has 0 spiro atoms. The van der Waals surface area contributed by atoms with Crippen LogP contribution < -0.4 is 15.1 Å². The van der Waals surface area contributed by atoms with Gasteiger partial charge in [-0.15, -0.1) is 5.10 Å². The van der Waals surface area contributed by atoms with Gasteiger partial charge in [0.1, 0.15) is 12.1 Å². The number of rotatable bonds is 7. The Kier molecular flexibility index (Phi) is 8.29. The average molecular weight is 657 g/mol. The second-order valence-electron chi connectivity index (χ2n) is 10.5. The minimum absolute atomic E-state index is 0.0715. The summed E-state index contributed by atoms with van der Waals surface area (Å²) in [7, 11) is 0. The van der Waals surface area contributed by atoms with Gasteiger partial charge in [0, 0.05) is 22.9 Å². The highest BCUT2D eigenvalue weighted by molar-refractivity contribution is 8.14. The Hall–Kier alpha value is -4.76. The molecule has 1 N–H and O–H groups in total. The first-order valence-corrected chi connectivity index (χ1v) is 14.9. The lowest BCUT2D eigenvalue weighted by Gasteiger charge is -2.30. The molecule has 15 heteroatoms. The molecule has 3 heterocycles. The number of hydrogen-bond donors (Lipinski definition) is 1. The third kappa shape index (κ3) is 6.46. The normalized spacial score (nSPS) is 17.0. The maximum absolute atomic E-state index is 13.1. The largest absolute Gasteiger partial charge is 0.499 e. The molecule has 1 atom stereocenters. The van der Waals surface area contributed by atoms with Gasteiger partial charge >= 0.3 is 18.3 Å². The maximum Gasteiger partial charge on any atom is 0.499 e. The highest BCUT2D eigenvalue weighted by Gasteiger charge is 2.61. The first-order chi connectivity index (χ1) is 21.9. The number of anilines is 1. The van der Waals surface area contributed by atoms with Crippen molar-refractivity contribution in [2.24, 2.45) is 4.99 Å². The molecule has 0 radical (unpaired) electrons. The molecule has 9 nitrogen and oxygen atoms in total. The van der Waals surface area contributed by atoms with Crippen molar-refractivity contribution < 1.29 is 36.3 Å². The van der Waals surface area contributed by atoms with E-state index < -0.39 is 24.1 Å². The van der Waals surface area contributed by atoms with E-state index in [2.05, 4.69) is 56.5 Å². The number of alkyl halides is 5. The van der Waals surface area contributed by atoms with E-state index in [-0.39, 0.29) is 12.5 Å². The summed E-state index contributed by atoms with van der Waals surface area (Å²) in [6.45, 7) is 4.25. The lowest BCUT2D eigenvalue weighted by atomic mass is 9.93. The minimum Gasteiger partial charge on any atom is -0.426 e. The van der Waals surface area contributed by atoms with E-state index in [4.69, 9.17) is 4.84 Å². The predicted molar refractivity (Wildman–Crippen MR) is 162 cm³/mol. The summed E-state index contributed by atoms with van der Waals surface area (Å²) in [4.78, 5) is 28.5. The van der Waals surface area contributed by atoms with Crippen molar-refractivity contribution in [3.8, 4) is 22.8 Å². The van der Waals surface area contributed by atoms with Crippen molar-refractivity contribution in [2.45, 2.75) is 38.7 Å². The molecule has 6 rings (SSSR count). The second kappa shape index (κ2) is 12.2. The van der Waals surface area contributed by atoms with Gasteiger partial charge in [-0.05, 0) is 53.9 Å². The van der Waals surface area contributed by atoms with Crippen LogP contribution in [0.25, 0.3) is 17.1 Å². The molecule has 46 heavy (non-hydrogen) atoms. The van der Waals surface area contributed by atoms with Crippen molar-refractivity contribution in [2.75, 3.05) is 10.7 Å². The summed E-state index contributed by atoms with van der Waals surface area (Å²) < 4.78 is 68.6. The Morgan fingerprint density at radius 2 is 1.80 bits per heavy atom. The average Bonchev–Trinajstić information content (AvgIpc) is 3.65. The summed E-state index contributed by atoms with van der Waals surface area (Å²) in [5.41, 5.74) is 8.55. The van der Waals surface area contributed by atoms with Gasteiger partial charge in [0.15, 0.2) is 11.0 Å². The number of carbonyl (C=O) groups excluding carboxylic acids is 1. The number of urea groups is 1. The van der Waals surface area contributed by atoms with Crippen LogP contribution in [0.5, 0.6) is 5.75 Å². The molecule has 1 unspecified atom stereocenters. The fourth-order valence-corrected chi connectivity index (χ4v) is 5.89. The SMILES string of the molecule is Cc1ccc2c(c1)N1C(=CC2C)CS/C1=N\C(=O)NOCc1ccc(-c2ncn(-c3ccc(OC(F)(F)C(F)(F)F)cc3)n2)cc1. The molecular weight excluding hydrogens is 631 g/mol. The van der Waals surface area contributed by atoms with Gasteiger partial charge in [0.2, 0.25) is 0 Å². The topological polar surface area (TPSA) is 93.9 Å². The molecule has 2 aliphatic heterocycles. The van der Waals surface area contributed by atoms with Crippen LogP contribution in [0.4, 0.5) is 32.4 Å². The van der Waals surface area contributed by atoms with Crippen LogP contribution in [-0.4, -0.2) is 44.0 Å². The molecule has 2 amide bonds. The lowest BCUT2D eigenvalue weighted by molar-refractivity contribution is -0.360. The number of amidine groups is 1. The lowest BCUT2D eigenvalue weighted by Crippen LogP contribution is -2.41. The first-order valence-electron chi connectivity index (χ1n) is 13.9. The number of hydroxylamine groups is 1. The van der Waals surface area contributed by atoms with E-state index >= 15 is 0 Å². The second-order valence-corrected chi connectivity index (χ2v) is 11.5. The van der Waals surface area contributed by atoms with Crippen molar-refractivity contribution in [1.29, 1.82) is 0 Å². The molecular formula is C31H25F5N6O3S. The quantitative estimate of drug-likeness (QED) is 0.162. The van der Waals surface area contributed by atoms with Gasteiger partial charge in [0.25, 0.3) is 0 Å². The van der Waals surface area contributed by atoms with Gasteiger partial charge in [-0.1, -0.05) is 61.2 Å². The standard InChI is InChI=1S/C31H25F5N6O3S/c1-18-3-12-25-19(2)14-23-16-46-29(42(23)26(25)13-18)38-28(43)40-44-15-20-4-6-21(7-5-20)27-37-17-41(39-27)22-8-10-24(11-9-22)45-31(35,36)30(32,33)34/h3-14,17,19H,15-16H2,1-2H3,(H,40,43)/b38-29-. The van der Waals surface area contributed by atoms with Crippen molar-refractivity contribution in [1.82, 2.24) is 20.2 Å². The van der Waals surface area contributed by atoms with E-state index in [1.54, 1.807) is 24.3 Å². The number of carbonyl (C=O) groups is 1. The number of halogens is 5. The molecule has 238 valence electrons. The van der Waals surface area contributed by atoms with Crippen LogP contribution in [-0.2, 0) is 11.4 Å². The van der Waals surface area contributed by atoms with Crippen molar-refractivity contribution in [3.05, 3.63) is 102 Å². The van der Waals surface area contributed by atoms with Gasteiger partial charge < -0.3 is 4.74 Å². The fourth-order valence-electron chi connectivity index (χ4n) is 4.90. The summed E-state index contributed by atoms with van der Waals surface area (Å²) in [6.07, 6.45) is -7.60. The number of amides is 2. The van der Waals surface area contributed by atoms with Crippen LogP contribution in [0.3, 0.4) is 0 Å². The Labute approximate surface area is 263 Å². The third-order valence-corrected chi connectivity index (χ3v) is 8.14. The number of fused-ring (bicyclic) bond motifs is 3. The summed E-state index contributed by atoms with van der Waals surface area (Å²) in [5.74, 6) is 0.673. The number of thioether (sulfide) groups is 1. The van der Waals surface area contributed by atoms with Crippen molar-refractivity contribution >= 4 is 28.6 Å². The monoisotopic (exact) mass is 656 g/mol. The highest BCUT2D eigenvalue weighted by atomic mass is 32.2. The van der Waals surface area contributed by atoms with E-state index in [1.165, 1.54) is 40.5 Å². The molecule has 2 aliphatic rings. The number of hydrogen-bond acceptors (Lipinski definition) is 6. The van der Waals surface area contributed by atoms with E-state index in [1.807, 2.05) is 11.8 Å². The highest BCUT2D eigenvalue weighted by Crippen LogP contribution is 2.43. The van der Waals surface area contributed by atoms with Crippen LogP contribution in [0.2, 0.25) is 0 Å². The fraction of sp³-hybridized carbons (Fsp3) is 0.226. The van der Waals surface area contributed by atoms with Crippen molar-refractivity contribution in [3.63, 3.8) is 0 Å². The molecule has 1 aromatic heterocycles. The van der Waals surface area contributed by atoms with Crippen LogP contribution in [0, 0.1) is 6.92 Å². The number of benzene rings is 3. The number of nitrogens with one attached hydrogen (secondary N) is 1. The van der Waals surface area contributed by atoms with Gasteiger partial charge in [-0.2, -0.15) is 26.9 Å². The molecule has 3 aromatic carbocycles. The summed E-state index contributed by atoms with van der Waals surface area (Å²) in [6, 6.07) is 17.2. The smallest absolute Gasteiger partial charge is 0.426 e. The Bertz CT molecular complexity index is 1820. The Morgan fingerprint density at radius 1 is 1.07 bits per heavy atom. The van der Waals surface area contributed by atoms with Crippen LogP contribution in [0.15, 0.2) is 89.8 Å². The summed E-state index contributed by atoms with van der Waals surface area (Å²) >= 11 is 1.49. The van der Waals surface area contributed by atoms with Crippen LogP contribution >= 0.6 is 11.8 Å². The number of allylic oxidation sites excluding steroid dienone is 1. The molecule has 4 aromatic rings. The third-order valence-electron chi connectivity index (χ3n) is 7.16. The molecule has 0 saturated carbocycles. The number of aliphatic imine (C=N–C) groups is 1.